The number of rotatable bonds is 7. The van der Waals surface area contributed by atoms with Crippen LogP contribution in [0.25, 0.3) is 11.3 Å². The minimum atomic E-state index is -0.212. The summed E-state index contributed by atoms with van der Waals surface area (Å²) in [5.74, 6) is -0.0812. The average molecular weight is 491 g/mol. The van der Waals surface area contributed by atoms with Crippen LogP contribution in [0.2, 0.25) is 0 Å². The van der Waals surface area contributed by atoms with Crippen molar-refractivity contribution in [3.8, 4) is 11.3 Å². The summed E-state index contributed by atoms with van der Waals surface area (Å²) >= 11 is 3.27. The molecule has 2 N–H and O–H groups in total. The van der Waals surface area contributed by atoms with Gasteiger partial charge in [0.2, 0.25) is 0 Å². The Kier molecular flexibility index (Phi) is 6.71. The van der Waals surface area contributed by atoms with Crippen LogP contribution in [0.4, 0.5) is 10.8 Å². The van der Waals surface area contributed by atoms with Gasteiger partial charge in [0.1, 0.15) is 5.01 Å². The monoisotopic (exact) mass is 490 g/mol. The highest BCUT2D eigenvalue weighted by Crippen LogP contribution is 2.38. The molecule has 0 saturated carbocycles. The molecule has 8 heteroatoms. The molecule has 1 amide bonds. The number of aryl methyl sites for hydroxylation is 1. The summed E-state index contributed by atoms with van der Waals surface area (Å²) in [6.45, 7) is 3.91. The zero-order chi connectivity index (χ0) is 23.4. The summed E-state index contributed by atoms with van der Waals surface area (Å²) in [4.78, 5) is 23.4. The Labute approximate surface area is 207 Å². The molecule has 1 aliphatic heterocycles. The molecule has 34 heavy (non-hydrogen) atoms. The van der Waals surface area contributed by atoms with E-state index in [1.165, 1.54) is 0 Å². The van der Waals surface area contributed by atoms with Crippen molar-refractivity contribution in [2.24, 2.45) is 0 Å². The van der Waals surface area contributed by atoms with Gasteiger partial charge in [-0.05, 0) is 44.0 Å². The van der Waals surface area contributed by atoms with Crippen molar-refractivity contribution in [1.82, 2.24) is 15.3 Å². The molecule has 5 rings (SSSR count). The molecular formula is C26H26N4O2S2. The van der Waals surface area contributed by atoms with E-state index in [0.29, 0.717) is 25.3 Å². The Morgan fingerprint density at radius 1 is 1.09 bits per heavy atom. The van der Waals surface area contributed by atoms with E-state index in [2.05, 4.69) is 33.1 Å². The van der Waals surface area contributed by atoms with Crippen LogP contribution >= 0.6 is 22.7 Å². The van der Waals surface area contributed by atoms with E-state index in [-0.39, 0.29) is 11.3 Å². The van der Waals surface area contributed by atoms with Crippen molar-refractivity contribution < 1.29 is 9.53 Å². The maximum atomic E-state index is 13.0. The number of thiazole rings is 2. The number of carbonyl (C=O) groups excluding carboxylic acids is 1. The predicted octanol–water partition coefficient (Wildman–Crippen LogP) is 5.80. The third kappa shape index (κ3) is 5.04. The van der Waals surface area contributed by atoms with Crippen molar-refractivity contribution in [2.75, 3.05) is 25.1 Å². The van der Waals surface area contributed by atoms with Crippen LogP contribution < -0.4 is 10.6 Å². The summed E-state index contributed by atoms with van der Waals surface area (Å²) in [5, 5.41) is 10.5. The smallest absolute Gasteiger partial charge is 0.251 e. The number of hydrogen-bond acceptors (Lipinski definition) is 7. The normalized spacial score (nSPS) is 15.1. The van der Waals surface area contributed by atoms with Gasteiger partial charge in [-0.1, -0.05) is 30.3 Å². The number of nitrogens with one attached hydrogen (secondary N) is 2. The van der Waals surface area contributed by atoms with E-state index in [1.807, 2.05) is 55.6 Å². The van der Waals surface area contributed by atoms with Gasteiger partial charge in [0.25, 0.3) is 5.91 Å². The van der Waals surface area contributed by atoms with Gasteiger partial charge in [0.15, 0.2) is 5.13 Å². The quantitative estimate of drug-likeness (QED) is 0.343. The van der Waals surface area contributed by atoms with Crippen molar-refractivity contribution in [1.29, 1.82) is 0 Å². The average Bonchev–Trinajstić information content (AvgIpc) is 3.54. The fourth-order valence-corrected chi connectivity index (χ4v) is 5.85. The summed E-state index contributed by atoms with van der Waals surface area (Å²) in [5.41, 5.74) is 3.42. The zero-order valence-corrected chi connectivity index (χ0v) is 20.5. The molecule has 0 unspecified atom stereocenters. The van der Waals surface area contributed by atoms with Crippen LogP contribution in [-0.4, -0.2) is 35.6 Å². The van der Waals surface area contributed by atoms with Gasteiger partial charge in [0.05, 0.1) is 5.69 Å². The maximum absolute atomic E-state index is 13.0. The summed E-state index contributed by atoms with van der Waals surface area (Å²) in [7, 11) is 0. The summed E-state index contributed by atoms with van der Waals surface area (Å²) < 4.78 is 5.65. The highest BCUT2D eigenvalue weighted by Gasteiger charge is 2.37. The van der Waals surface area contributed by atoms with E-state index in [0.717, 1.165) is 44.8 Å². The zero-order valence-electron chi connectivity index (χ0n) is 18.9. The van der Waals surface area contributed by atoms with Gasteiger partial charge in [-0.25, -0.2) is 9.97 Å². The number of amides is 1. The first-order valence-corrected chi connectivity index (χ1v) is 13.0. The third-order valence-electron chi connectivity index (χ3n) is 6.08. The van der Waals surface area contributed by atoms with Crippen molar-refractivity contribution in [3.63, 3.8) is 0 Å². The van der Waals surface area contributed by atoms with Crippen LogP contribution in [-0.2, 0) is 10.2 Å². The molecule has 0 radical (unpaired) electrons. The van der Waals surface area contributed by atoms with Gasteiger partial charge >= 0.3 is 0 Å². The molecule has 1 fully saturated rings. The molecule has 174 valence electrons. The minimum absolute atomic E-state index is 0.0812. The molecule has 3 heterocycles. The third-order valence-corrected chi connectivity index (χ3v) is 8.00. The molecule has 2 aromatic carbocycles. The largest absolute Gasteiger partial charge is 0.381 e. The molecule has 0 aliphatic carbocycles. The van der Waals surface area contributed by atoms with E-state index >= 15 is 0 Å². The minimum Gasteiger partial charge on any atom is -0.381 e. The van der Waals surface area contributed by atoms with E-state index in [9.17, 15) is 4.79 Å². The Balaban J connectivity index is 1.27. The lowest BCUT2D eigenvalue weighted by atomic mass is 9.80. The highest BCUT2D eigenvalue weighted by atomic mass is 32.1. The molecule has 0 atom stereocenters. The molecule has 4 aromatic rings. The van der Waals surface area contributed by atoms with Gasteiger partial charge < -0.3 is 15.4 Å². The molecule has 1 aliphatic rings. The first-order chi connectivity index (χ1) is 16.6. The van der Waals surface area contributed by atoms with Crippen molar-refractivity contribution in [3.05, 3.63) is 81.6 Å². The number of benzene rings is 2. The van der Waals surface area contributed by atoms with Crippen molar-refractivity contribution in [2.45, 2.75) is 25.2 Å². The number of aromatic nitrogens is 2. The topological polar surface area (TPSA) is 76.1 Å². The van der Waals surface area contributed by atoms with E-state index in [1.54, 1.807) is 22.7 Å². The van der Waals surface area contributed by atoms with Gasteiger partial charge in [-0.15, -0.1) is 22.7 Å². The van der Waals surface area contributed by atoms with Gasteiger partial charge in [0, 0.05) is 58.4 Å². The number of ether oxygens (including phenoxy) is 1. The van der Waals surface area contributed by atoms with Crippen LogP contribution in [0.3, 0.4) is 0 Å². The lowest BCUT2D eigenvalue weighted by Gasteiger charge is -2.35. The Morgan fingerprint density at radius 2 is 1.85 bits per heavy atom. The number of nitrogens with zero attached hydrogens (tertiary/aromatic N) is 2. The Hall–Kier alpha value is -3.07. The van der Waals surface area contributed by atoms with Crippen LogP contribution in [0.15, 0.2) is 66.2 Å². The molecule has 0 spiro atoms. The Morgan fingerprint density at radius 3 is 2.56 bits per heavy atom. The van der Waals surface area contributed by atoms with Gasteiger partial charge in [-0.2, -0.15) is 0 Å². The van der Waals surface area contributed by atoms with Crippen LogP contribution in [0, 0.1) is 6.92 Å². The van der Waals surface area contributed by atoms with Gasteiger partial charge in [-0.3, -0.25) is 4.79 Å². The number of hydrogen-bond donors (Lipinski definition) is 2. The maximum Gasteiger partial charge on any atom is 0.251 e. The lowest BCUT2D eigenvalue weighted by molar-refractivity contribution is 0.0486. The first-order valence-electron chi connectivity index (χ1n) is 11.3. The molecule has 1 saturated heterocycles. The second-order valence-corrected chi connectivity index (χ2v) is 10.6. The lowest BCUT2D eigenvalue weighted by Crippen LogP contribution is -2.44. The van der Waals surface area contributed by atoms with E-state index < -0.39 is 0 Å². The van der Waals surface area contributed by atoms with E-state index in [4.69, 9.17) is 9.72 Å². The number of carbonyl (C=O) groups is 1. The second kappa shape index (κ2) is 10.0. The van der Waals surface area contributed by atoms with Crippen molar-refractivity contribution >= 4 is 39.4 Å². The van der Waals surface area contributed by atoms with Crippen LogP contribution in [0.1, 0.15) is 33.1 Å². The Bertz CT molecular complexity index is 1250. The molecular weight excluding hydrogens is 464 g/mol. The molecule has 0 bridgehead atoms. The highest BCUT2D eigenvalue weighted by molar-refractivity contribution is 7.15. The fourth-order valence-electron chi connectivity index (χ4n) is 4.08. The second-order valence-electron chi connectivity index (χ2n) is 8.46. The standard InChI is InChI=1S/C26H26N4O2S2/c1-18-15-27-25(34-18)29-21-9-7-20(8-10-21)23(31)28-17-26(11-13-32-14-12-26)24-30-22(16-33-24)19-5-3-2-4-6-19/h2-10,15-16H,11-14,17H2,1H3,(H,27,29)(H,28,31). The first kappa shape index (κ1) is 22.7. The molecule has 6 nitrogen and oxygen atoms in total. The predicted molar refractivity (Wildman–Crippen MR) is 138 cm³/mol. The fraction of sp³-hybridized carbons (Fsp3) is 0.269. The van der Waals surface area contributed by atoms with Crippen LogP contribution in [0.5, 0.6) is 0 Å². The number of anilines is 2. The molecule has 2 aromatic heterocycles. The summed E-state index contributed by atoms with van der Waals surface area (Å²) in [6, 6.07) is 17.7. The summed E-state index contributed by atoms with van der Waals surface area (Å²) in [6.07, 6.45) is 3.52. The SMILES string of the molecule is Cc1cnc(Nc2ccc(C(=O)NCC3(c4nc(-c5ccccc5)cs4)CCOCC3)cc2)s1.